The predicted octanol–water partition coefficient (Wildman–Crippen LogP) is 2.79. The van der Waals surface area contributed by atoms with Crippen molar-refractivity contribution >= 4 is 0 Å². The Bertz CT molecular complexity index is 623. The van der Waals surface area contributed by atoms with Gasteiger partial charge in [-0.15, -0.1) is 5.10 Å². The van der Waals surface area contributed by atoms with Gasteiger partial charge in [0.05, 0.1) is 23.0 Å². The van der Waals surface area contributed by atoms with Crippen molar-refractivity contribution in [2.75, 3.05) is 0 Å². The van der Waals surface area contributed by atoms with Gasteiger partial charge < -0.3 is 5.73 Å². The van der Waals surface area contributed by atoms with Gasteiger partial charge in [-0.05, 0) is 38.5 Å². The number of rotatable bonds is 2. The first kappa shape index (κ1) is 14.5. The summed E-state index contributed by atoms with van der Waals surface area (Å²) in [5.41, 5.74) is 5.47. The molecular weight excluding hydrogens is 269 g/mol. The summed E-state index contributed by atoms with van der Waals surface area (Å²) in [7, 11) is 0. The quantitative estimate of drug-likeness (QED) is 0.922. The highest BCUT2D eigenvalue weighted by Crippen LogP contribution is 2.33. The molecule has 2 rings (SSSR count). The molecule has 7 heteroatoms. The maximum absolute atomic E-state index is 12.9. The lowest BCUT2D eigenvalue weighted by atomic mass is 10.0. The van der Waals surface area contributed by atoms with Crippen LogP contribution in [0.25, 0.3) is 5.69 Å². The van der Waals surface area contributed by atoms with Crippen molar-refractivity contribution in [2.45, 2.75) is 32.5 Å². The summed E-state index contributed by atoms with van der Waals surface area (Å²) in [5.74, 6) is 0. The van der Waals surface area contributed by atoms with E-state index in [2.05, 4.69) is 10.3 Å². The van der Waals surface area contributed by atoms with Crippen LogP contribution in [0.15, 0.2) is 24.4 Å². The molecule has 4 nitrogen and oxygen atoms in total. The van der Waals surface area contributed by atoms with Crippen LogP contribution in [0.2, 0.25) is 0 Å². The van der Waals surface area contributed by atoms with Gasteiger partial charge in [-0.3, -0.25) is 0 Å². The Balaban J connectivity index is 2.47. The summed E-state index contributed by atoms with van der Waals surface area (Å²) in [6.07, 6.45) is -2.86. The molecule has 0 bridgehead atoms. The van der Waals surface area contributed by atoms with Gasteiger partial charge in [0, 0.05) is 0 Å². The fourth-order valence-electron chi connectivity index (χ4n) is 1.74. The van der Waals surface area contributed by atoms with Crippen LogP contribution in [0.3, 0.4) is 0 Å². The second-order valence-electron chi connectivity index (χ2n) is 5.27. The average Bonchev–Trinajstić information content (AvgIpc) is 2.77. The second kappa shape index (κ2) is 4.59. The third-order valence-corrected chi connectivity index (χ3v) is 2.94. The molecule has 0 unspecified atom stereocenters. The molecule has 2 aromatic rings. The first-order chi connectivity index (χ1) is 9.09. The topological polar surface area (TPSA) is 56.7 Å². The molecule has 0 atom stereocenters. The minimum Gasteiger partial charge on any atom is -0.320 e. The number of benzene rings is 1. The van der Waals surface area contributed by atoms with Gasteiger partial charge in [-0.25, -0.2) is 4.68 Å². The summed E-state index contributed by atoms with van der Waals surface area (Å²) in [6, 6.07) is 4.02. The molecule has 0 fully saturated rings. The molecule has 0 saturated carbocycles. The fraction of sp³-hybridized carbons (Fsp3) is 0.385. The number of hydrogen-bond acceptors (Lipinski definition) is 3. The zero-order valence-corrected chi connectivity index (χ0v) is 11.4. The van der Waals surface area contributed by atoms with E-state index in [4.69, 9.17) is 5.73 Å². The Morgan fingerprint density at radius 2 is 1.85 bits per heavy atom. The number of nitrogens with two attached hydrogens (primary N) is 1. The zero-order valence-electron chi connectivity index (χ0n) is 11.4. The number of aryl methyl sites for hydroxylation is 1. The monoisotopic (exact) mass is 284 g/mol. The van der Waals surface area contributed by atoms with E-state index in [9.17, 15) is 13.2 Å². The van der Waals surface area contributed by atoms with Crippen LogP contribution in [0.5, 0.6) is 0 Å². The van der Waals surface area contributed by atoms with Crippen molar-refractivity contribution in [1.82, 2.24) is 15.0 Å². The van der Waals surface area contributed by atoms with Crippen molar-refractivity contribution in [1.29, 1.82) is 0 Å². The number of alkyl halides is 3. The molecule has 2 N–H and O–H groups in total. The fourth-order valence-corrected chi connectivity index (χ4v) is 1.74. The smallest absolute Gasteiger partial charge is 0.320 e. The van der Waals surface area contributed by atoms with E-state index in [0.717, 1.165) is 6.07 Å². The van der Waals surface area contributed by atoms with E-state index < -0.39 is 17.3 Å². The maximum atomic E-state index is 12.9. The molecule has 0 aliphatic heterocycles. The van der Waals surface area contributed by atoms with Gasteiger partial charge in [0.2, 0.25) is 0 Å². The number of aromatic nitrogens is 3. The predicted molar refractivity (Wildman–Crippen MR) is 68.3 cm³/mol. The number of hydrogen-bond donors (Lipinski definition) is 1. The summed E-state index contributed by atoms with van der Waals surface area (Å²) >= 11 is 0. The SMILES string of the molecule is Cc1ccc(-n2cc(C(C)(C)N)nn2)cc1C(F)(F)F. The van der Waals surface area contributed by atoms with Crippen LogP contribution in [0.1, 0.15) is 30.7 Å². The standard InChI is InChI=1S/C13H15F3N4/c1-8-4-5-9(6-10(8)13(14,15)16)20-7-11(18-19-20)12(2,3)17/h4-7H,17H2,1-3H3. The van der Waals surface area contributed by atoms with Crippen LogP contribution in [0.4, 0.5) is 13.2 Å². The highest BCUT2D eigenvalue weighted by molar-refractivity contribution is 5.41. The summed E-state index contributed by atoms with van der Waals surface area (Å²) in [5, 5.41) is 7.71. The van der Waals surface area contributed by atoms with Crippen LogP contribution >= 0.6 is 0 Å². The van der Waals surface area contributed by atoms with Crippen molar-refractivity contribution in [3.63, 3.8) is 0 Å². The van der Waals surface area contributed by atoms with E-state index in [1.165, 1.54) is 23.9 Å². The largest absolute Gasteiger partial charge is 0.416 e. The molecule has 1 aromatic carbocycles. The molecule has 0 saturated heterocycles. The van der Waals surface area contributed by atoms with Crippen molar-refractivity contribution < 1.29 is 13.2 Å². The molecule has 0 amide bonds. The second-order valence-corrected chi connectivity index (χ2v) is 5.27. The first-order valence-electron chi connectivity index (χ1n) is 5.99. The average molecular weight is 284 g/mol. The minimum atomic E-state index is -4.39. The maximum Gasteiger partial charge on any atom is 0.416 e. The van der Waals surface area contributed by atoms with Crippen LogP contribution < -0.4 is 5.73 Å². The lowest BCUT2D eigenvalue weighted by molar-refractivity contribution is -0.138. The third kappa shape index (κ3) is 2.82. The molecule has 0 aliphatic rings. The minimum absolute atomic E-state index is 0.167. The zero-order chi connectivity index (χ0) is 15.1. The van der Waals surface area contributed by atoms with Crippen molar-refractivity contribution in [2.24, 2.45) is 5.73 Å². The van der Waals surface area contributed by atoms with E-state index in [1.807, 2.05) is 0 Å². The summed E-state index contributed by atoms with van der Waals surface area (Å²) < 4.78 is 39.9. The first-order valence-corrected chi connectivity index (χ1v) is 5.99. The summed E-state index contributed by atoms with van der Waals surface area (Å²) in [6.45, 7) is 4.91. The normalized spacial score (nSPS) is 12.8. The van der Waals surface area contributed by atoms with Gasteiger partial charge in [0.15, 0.2) is 0 Å². The third-order valence-electron chi connectivity index (χ3n) is 2.94. The lowest BCUT2D eigenvalue weighted by Crippen LogP contribution is -2.29. The van der Waals surface area contributed by atoms with E-state index >= 15 is 0 Å². The molecule has 0 radical (unpaired) electrons. The van der Waals surface area contributed by atoms with Gasteiger partial charge in [-0.1, -0.05) is 11.3 Å². The number of nitrogens with zero attached hydrogens (tertiary/aromatic N) is 3. The Kier molecular flexibility index (Phi) is 3.33. The highest BCUT2D eigenvalue weighted by Gasteiger charge is 2.32. The Morgan fingerprint density at radius 1 is 1.20 bits per heavy atom. The highest BCUT2D eigenvalue weighted by atomic mass is 19.4. The van der Waals surface area contributed by atoms with Gasteiger partial charge in [-0.2, -0.15) is 13.2 Å². The van der Waals surface area contributed by atoms with Crippen LogP contribution in [-0.4, -0.2) is 15.0 Å². The van der Waals surface area contributed by atoms with Crippen molar-refractivity contribution in [3.8, 4) is 5.69 Å². The van der Waals surface area contributed by atoms with Gasteiger partial charge in [0.1, 0.15) is 5.69 Å². The van der Waals surface area contributed by atoms with E-state index in [-0.39, 0.29) is 5.56 Å². The van der Waals surface area contributed by atoms with E-state index in [1.54, 1.807) is 19.9 Å². The molecule has 0 aliphatic carbocycles. The van der Waals surface area contributed by atoms with Crippen molar-refractivity contribution in [3.05, 3.63) is 41.2 Å². The number of halogens is 3. The molecule has 0 spiro atoms. The Labute approximate surface area is 114 Å². The van der Waals surface area contributed by atoms with Gasteiger partial charge >= 0.3 is 6.18 Å². The van der Waals surface area contributed by atoms with E-state index in [0.29, 0.717) is 11.4 Å². The molecule has 108 valence electrons. The molecule has 1 heterocycles. The van der Waals surface area contributed by atoms with Crippen LogP contribution in [0, 0.1) is 6.92 Å². The Hall–Kier alpha value is -1.89. The molecule has 1 aromatic heterocycles. The van der Waals surface area contributed by atoms with Crippen LogP contribution in [-0.2, 0) is 11.7 Å². The molecule has 20 heavy (non-hydrogen) atoms. The summed E-state index contributed by atoms with van der Waals surface area (Å²) in [4.78, 5) is 0. The van der Waals surface area contributed by atoms with Gasteiger partial charge in [0.25, 0.3) is 0 Å². The molecular formula is C13H15F3N4. The lowest BCUT2D eigenvalue weighted by Gasteiger charge is -2.13. The Morgan fingerprint density at radius 3 is 2.35 bits per heavy atom.